The van der Waals surface area contributed by atoms with Crippen molar-refractivity contribution in [3.05, 3.63) is 54.1 Å². The molecule has 1 unspecified atom stereocenters. The molecule has 6 heteroatoms. The summed E-state index contributed by atoms with van der Waals surface area (Å²) in [4.78, 5) is 29.0. The van der Waals surface area contributed by atoms with Crippen LogP contribution in [0.25, 0.3) is 0 Å². The fourth-order valence-electron chi connectivity index (χ4n) is 4.10. The molecule has 0 aliphatic carbocycles. The summed E-state index contributed by atoms with van der Waals surface area (Å²) in [5, 5.41) is 2.95. The molecule has 2 aromatic rings. The highest BCUT2D eigenvalue weighted by molar-refractivity contribution is 8.00. The zero-order valence-corrected chi connectivity index (χ0v) is 21.0. The van der Waals surface area contributed by atoms with Crippen LogP contribution in [0.5, 0.6) is 0 Å². The first-order chi connectivity index (χ1) is 16.0. The van der Waals surface area contributed by atoms with Crippen molar-refractivity contribution < 1.29 is 9.59 Å². The van der Waals surface area contributed by atoms with Gasteiger partial charge in [0.05, 0.1) is 5.75 Å². The van der Waals surface area contributed by atoms with Crippen LogP contribution < -0.4 is 15.1 Å². The molecule has 0 bridgehead atoms. The first kappa shape index (κ1) is 25.2. The molecule has 1 saturated heterocycles. The molecule has 1 heterocycles. The van der Waals surface area contributed by atoms with Gasteiger partial charge in [0, 0.05) is 37.6 Å². The number of carbonyl (C=O) groups is 2. The Bertz CT molecular complexity index is 914. The minimum atomic E-state index is -0.0947. The average Bonchev–Trinajstić information content (AvgIpc) is 3.20. The summed E-state index contributed by atoms with van der Waals surface area (Å²) in [7, 11) is 4.00. The third kappa shape index (κ3) is 7.26. The molecule has 2 aromatic carbocycles. The van der Waals surface area contributed by atoms with Crippen molar-refractivity contribution in [2.24, 2.45) is 0 Å². The Kier molecular flexibility index (Phi) is 9.67. The number of hydrogen-bond donors (Lipinski definition) is 1. The second-order valence-corrected chi connectivity index (χ2v) is 9.95. The van der Waals surface area contributed by atoms with Crippen LogP contribution in [0.1, 0.15) is 69.2 Å². The second kappa shape index (κ2) is 12.7. The maximum Gasteiger partial charge on any atom is 0.238 e. The van der Waals surface area contributed by atoms with Gasteiger partial charge in [0.25, 0.3) is 0 Å². The van der Waals surface area contributed by atoms with Crippen LogP contribution in [-0.2, 0) is 9.59 Å². The van der Waals surface area contributed by atoms with Gasteiger partial charge in [-0.3, -0.25) is 14.5 Å². The normalized spacial score (nSPS) is 15.7. The maximum atomic E-state index is 12.7. The van der Waals surface area contributed by atoms with E-state index in [4.69, 9.17) is 0 Å². The molecule has 178 valence electrons. The molecule has 0 aromatic heterocycles. The zero-order valence-electron chi connectivity index (χ0n) is 20.2. The highest BCUT2D eigenvalue weighted by atomic mass is 32.2. The van der Waals surface area contributed by atoms with Gasteiger partial charge < -0.3 is 10.2 Å². The number of carbonyl (C=O) groups excluding carboxylic acids is 2. The van der Waals surface area contributed by atoms with Gasteiger partial charge in [-0.2, -0.15) is 0 Å². The van der Waals surface area contributed by atoms with Crippen molar-refractivity contribution >= 4 is 40.6 Å². The molecular weight excluding hydrogens is 430 g/mol. The lowest BCUT2D eigenvalue weighted by atomic mass is 10.1. The van der Waals surface area contributed by atoms with E-state index in [2.05, 4.69) is 12.2 Å². The summed E-state index contributed by atoms with van der Waals surface area (Å²) in [5.74, 6) is 0.623. The van der Waals surface area contributed by atoms with E-state index >= 15 is 0 Å². The Morgan fingerprint density at radius 3 is 2.42 bits per heavy atom. The van der Waals surface area contributed by atoms with E-state index in [1.165, 1.54) is 32.1 Å². The Morgan fingerprint density at radius 1 is 1.03 bits per heavy atom. The van der Waals surface area contributed by atoms with Crippen LogP contribution in [-0.4, -0.2) is 31.7 Å². The lowest BCUT2D eigenvalue weighted by Crippen LogP contribution is -2.27. The second-order valence-electron chi connectivity index (χ2n) is 8.88. The third-order valence-electron chi connectivity index (χ3n) is 5.98. The summed E-state index contributed by atoms with van der Waals surface area (Å²) in [6, 6.07) is 16.0. The van der Waals surface area contributed by atoms with Gasteiger partial charge in [-0.05, 0) is 48.4 Å². The van der Waals surface area contributed by atoms with E-state index in [9.17, 15) is 9.59 Å². The van der Waals surface area contributed by atoms with Crippen molar-refractivity contribution in [2.75, 3.05) is 35.0 Å². The first-order valence-electron chi connectivity index (χ1n) is 12.1. The Labute approximate surface area is 202 Å². The van der Waals surface area contributed by atoms with Crippen molar-refractivity contribution in [2.45, 2.75) is 63.7 Å². The van der Waals surface area contributed by atoms with E-state index in [1.54, 1.807) is 11.8 Å². The molecule has 1 aliphatic rings. The lowest BCUT2D eigenvalue weighted by Gasteiger charge is -2.25. The average molecular weight is 468 g/mol. The smallest absolute Gasteiger partial charge is 0.238 e. The minimum absolute atomic E-state index is 0.0620. The Morgan fingerprint density at radius 2 is 1.73 bits per heavy atom. The van der Waals surface area contributed by atoms with Gasteiger partial charge in [-0.1, -0.05) is 57.6 Å². The fourth-order valence-corrected chi connectivity index (χ4v) is 5.26. The van der Waals surface area contributed by atoms with Crippen LogP contribution in [0.2, 0.25) is 0 Å². The summed E-state index contributed by atoms with van der Waals surface area (Å²) < 4.78 is 0. The lowest BCUT2D eigenvalue weighted by molar-refractivity contribution is -0.117. The SMILES string of the molecule is CCCCCCCCCC(=O)Nc1cccc(C2SCC(=O)N2c2ccc(N(C)C)cc2)c1. The zero-order chi connectivity index (χ0) is 23.6. The van der Waals surface area contributed by atoms with Crippen LogP contribution in [0, 0.1) is 0 Å². The van der Waals surface area contributed by atoms with Gasteiger partial charge >= 0.3 is 0 Å². The number of benzene rings is 2. The van der Waals surface area contributed by atoms with Crippen molar-refractivity contribution in [3.63, 3.8) is 0 Å². The van der Waals surface area contributed by atoms with Crippen LogP contribution in [0.3, 0.4) is 0 Å². The van der Waals surface area contributed by atoms with E-state index in [-0.39, 0.29) is 17.2 Å². The maximum absolute atomic E-state index is 12.7. The minimum Gasteiger partial charge on any atom is -0.378 e. The molecule has 3 rings (SSSR count). The molecule has 2 amide bonds. The number of amides is 2. The highest BCUT2D eigenvalue weighted by Gasteiger charge is 2.34. The summed E-state index contributed by atoms with van der Waals surface area (Å²) in [6.45, 7) is 2.22. The predicted octanol–water partition coefficient (Wildman–Crippen LogP) is 6.61. The van der Waals surface area contributed by atoms with Gasteiger partial charge in [-0.15, -0.1) is 11.8 Å². The topological polar surface area (TPSA) is 52.7 Å². The summed E-state index contributed by atoms with van der Waals surface area (Å²) >= 11 is 1.62. The van der Waals surface area contributed by atoms with Gasteiger partial charge in [0.1, 0.15) is 5.37 Å². The molecule has 0 radical (unpaired) electrons. The predicted molar refractivity (Wildman–Crippen MR) is 141 cm³/mol. The van der Waals surface area contributed by atoms with Crippen molar-refractivity contribution in [1.82, 2.24) is 0 Å². The van der Waals surface area contributed by atoms with Crippen molar-refractivity contribution in [3.8, 4) is 0 Å². The molecular formula is C27H37N3O2S. The number of nitrogens with one attached hydrogen (secondary N) is 1. The molecule has 0 saturated carbocycles. The van der Waals surface area contributed by atoms with Crippen LogP contribution >= 0.6 is 11.8 Å². The molecule has 1 N–H and O–H groups in total. The van der Waals surface area contributed by atoms with Crippen LogP contribution in [0.4, 0.5) is 17.1 Å². The first-order valence-corrected chi connectivity index (χ1v) is 13.2. The molecule has 33 heavy (non-hydrogen) atoms. The van der Waals surface area contributed by atoms with E-state index in [1.807, 2.05) is 72.4 Å². The quantitative estimate of drug-likeness (QED) is 0.357. The van der Waals surface area contributed by atoms with Gasteiger partial charge in [0.15, 0.2) is 0 Å². The number of rotatable bonds is 12. The molecule has 5 nitrogen and oxygen atoms in total. The highest BCUT2D eigenvalue weighted by Crippen LogP contribution is 2.42. The standard InChI is InChI=1S/C27H37N3O2S/c1-4-5-6-7-8-9-10-14-25(31)28-22-13-11-12-21(19-22)27-30(26(32)20-33-27)24-17-15-23(16-18-24)29(2)3/h11-13,15-19,27H,4-10,14,20H2,1-3H3,(H,28,31). The van der Waals surface area contributed by atoms with E-state index in [0.29, 0.717) is 12.2 Å². The number of hydrogen-bond acceptors (Lipinski definition) is 4. The molecule has 1 fully saturated rings. The number of anilines is 3. The third-order valence-corrected chi connectivity index (χ3v) is 7.19. The Balaban J connectivity index is 1.58. The fraction of sp³-hybridized carbons (Fsp3) is 0.481. The monoisotopic (exact) mass is 467 g/mol. The molecule has 1 aliphatic heterocycles. The van der Waals surface area contributed by atoms with Crippen molar-refractivity contribution in [1.29, 1.82) is 0 Å². The number of thioether (sulfide) groups is 1. The van der Waals surface area contributed by atoms with Gasteiger partial charge in [0.2, 0.25) is 11.8 Å². The summed E-state index contributed by atoms with van der Waals surface area (Å²) in [6.07, 6.45) is 8.94. The van der Waals surface area contributed by atoms with Gasteiger partial charge in [-0.25, -0.2) is 0 Å². The number of nitrogens with zero attached hydrogens (tertiary/aromatic N) is 2. The Hall–Kier alpha value is -2.47. The molecule has 1 atom stereocenters. The molecule has 0 spiro atoms. The number of unbranched alkanes of at least 4 members (excludes halogenated alkanes) is 6. The largest absolute Gasteiger partial charge is 0.378 e. The van der Waals surface area contributed by atoms with E-state index in [0.717, 1.165) is 35.5 Å². The summed E-state index contributed by atoms with van der Waals surface area (Å²) in [5.41, 5.74) is 3.81. The van der Waals surface area contributed by atoms with E-state index < -0.39 is 0 Å². The van der Waals surface area contributed by atoms with Crippen LogP contribution in [0.15, 0.2) is 48.5 Å².